The van der Waals surface area contributed by atoms with E-state index in [9.17, 15) is 0 Å². The molecular weight excluding hydrogens is 334 g/mol. The minimum atomic E-state index is -0.380. The lowest BCUT2D eigenvalue weighted by atomic mass is 9.61. The Kier molecular flexibility index (Phi) is 4.30. The van der Waals surface area contributed by atoms with Gasteiger partial charge < -0.3 is 14.4 Å². The van der Waals surface area contributed by atoms with Crippen LogP contribution in [0.25, 0.3) is 0 Å². The predicted molar refractivity (Wildman–Crippen MR) is 106 cm³/mol. The van der Waals surface area contributed by atoms with E-state index in [-0.39, 0.29) is 11.2 Å². The fourth-order valence-corrected chi connectivity index (χ4v) is 5.16. The lowest BCUT2D eigenvalue weighted by Crippen LogP contribution is -2.49. The second-order valence-corrected chi connectivity index (χ2v) is 8.09. The van der Waals surface area contributed by atoms with Gasteiger partial charge >= 0.3 is 0 Å². The third-order valence-corrected chi connectivity index (χ3v) is 6.49. The molecule has 140 valence electrons. The third-order valence-electron chi connectivity index (χ3n) is 6.49. The fraction of sp³-hybridized carbons (Fsp3) is 0.417. The maximum Gasteiger partial charge on any atom is 0.169 e. The molecular formula is C24H27NO2. The summed E-state index contributed by atoms with van der Waals surface area (Å²) in [6.07, 6.45) is 6.50. The molecule has 3 heteroatoms. The van der Waals surface area contributed by atoms with Crippen LogP contribution in [-0.2, 0) is 21.4 Å². The summed E-state index contributed by atoms with van der Waals surface area (Å²) in [5, 5.41) is 0. The van der Waals surface area contributed by atoms with Crippen molar-refractivity contribution in [1.82, 2.24) is 4.90 Å². The Hall–Kier alpha value is -2.10. The molecule has 0 radical (unpaired) electrons. The highest BCUT2D eigenvalue weighted by atomic mass is 16.7. The molecule has 5 rings (SSSR count). The molecule has 0 aromatic heterocycles. The van der Waals surface area contributed by atoms with E-state index < -0.39 is 0 Å². The standard InChI is InChI=1S/C24H27NO2/c1-3-7-20(8-4-1)17-25-14-13-23(21-9-5-2-6-10-21)19-24(26-15-16-27-24)12-11-22(23)18-25/h1-10,18H,11-17,19H2/t23-/m1/s1. The van der Waals surface area contributed by atoms with Gasteiger partial charge in [0.05, 0.1) is 13.2 Å². The molecule has 1 saturated carbocycles. The Morgan fingerprint density at radius 3 is 2.30 bits per heavy atom. The Bertz CT molecular complexity index is 811. The average Bonchev–Trinajstić information content (AvgIpc) is 3.17. The van der Waals surface area contributed by atoms with Crippen LogP contribution in [0.2, 0.25) is 0 Å². The van der Waals surface area contributed by atoms with Gasteiger partial charge in [-0.3, -0.25) is 0 Å². The quantitative estimate of drug-likeness (QED) is 0.795. The van der Waals surface area contributed by atoms with Crippen LogP contribution in [-0.4, -0.2) is 30.4 Å². The average molecular weight is 361 g/mol. The molecule has 2 heterocycles. The van der Waals surface area contributed by atoms with Crippen molar-refractivity contribution in [3.8, 4) is 0 Å². The van der Waals surface area contributed by atoms with Crippen molar-refractivity contribution < 1.29 is 9.47 Å². The Labute approximate surface area is 161 Å². The van der Waals surface area contributed by atoms with E-state index in [2.05, 4.69) is 71.8 Å². The molecule has 1 atom stereocenters. The van der Waals surface area contributed by atoms with Crippen molar-refractivity contribution in [2.45, 2.75) is 43.4 Å². The number of hydrogen-bond donors (Lipinski definition) is 0. The first-order valence-corrected chi connectivity index (χ1v) is 10.1. The van der Waals surface area contributed by atoms with Crippen molar-refractivity contribution in [2.75, 3.05) is 19.8 Å². The summed E-state index contributed by atoms with van der Waals surface area (Å²) in [5.74, 6) is -0.380. The van der Waals surface area contributed by atoms with E-state index in [1.807, 2.05) is 0 Å². The Morgan fingerprint density at radius 1 is 0.852 bits per heavy atom. The highest BCUT2D eigenvalue weighted by Gasteiger charge is 2.52. The van der Waals surface area contributed by atoms with Crippen LogP contribution in [0.4, 0.5) is 0 Å². The number of benzene rings is 2. The Balaban J connectivity index is 1.49. The van der Waals surface area contributed by atoms with E-state index in [0.717, 1.165) is 52.0 Å². The normalized spacial score (nSPS) is 26.7. The molecule has 27 heavy (non-hydrogen) atoms. The van der Waals surface area contributed by atoms with Gasteiger partial charge in [-0.25, -0.2) is 0 Å². The first-order valence-electron chi connectivity index (χ1n) is 10.1. The van der Waals surface area contributed by atoms with Crippen molar-refractivity contribution in [3.63, 3.8) is 0 Å². The fourth-order valence-electron chi connectivity index (χ4n) is 5.16. The van der Waals surface area contributed by atoms with Crippen LogP contribution < -0.4 is 0 Å². The first kappa shape index (κ1) is 17.0. The predicted octanol–water partition coefficient (Wildman–Crippen LogP) is 4.64. The summed E-state index contributed by atoms with van der Waals surface area (Å²) in [4.78, 5) is 2.49. The van der Waals surface area contributed by atoms with E-state index in [4.69, 9.17) is 9.47 Å². The lowest BCUT2D eigenvalue weighted by molar-refractivity contribution is -0.185. The van der Waals surface area contributed by atoms with Gasteiger partial charge in [-0.1, -0.05) is 60.7 Å². The molecule has 1 aliphatic carbocycles. The number of rotatable bonds is 3. The number of allylic oxidation sites excluding steroid dienone is 1. The van der Waals surface area contributed by atoms with Crippen LogP contribution in [0, 0.1) is 0 Å². The molecule has 2 aliphatic heterocycles. The molecule has 3 nitrogen and oxygen atoms in total. The monoisotopic (exact) mass is 361 g/mol. The number of ether oxygens (including phenoxy) is 2. The van der Waals surface area contributed by atoms with Gasteiger partial charge in [0.2, 0.25) is 0 Å². The highest BCUT2D eigenvalue weighted by molar-refractivity contribution is 5.40. The maximum absolute atomic E-state index is 6.14. The molecule has 1 spiro atoms. The molecule has 2 aromatic rings. The lowest BCUT2D eigenvalue weighted by Gasteiger charge is -2.50. The molecule has 0 bridgehead atoms. The van der Waals surface area contributed by atoms with Crippen molar-refractivity contribution in [1.29, 1.82) is 0 Å². The van der Waals surface area contributed by atoms with Gasteiger partial charge in [0.1, 0.15) is 0 Å². The molecule has 1 saturated heterocycles. The number of hydrogen-bond acceptors (Lipinski definition) is 3. The largest absolute Gasteiger partial charge is 0.373 e. The molecule has 0 unspecified atom stereocenters. The second-order valence-electron chi connectivity index (χ2n) is 8.09. The van der Waals surface area contributed by atoms with Crippen molar-refractivity contribution in [2.24, 2.45) is 0 Å². The molecule has 2 aromatic carbocycles. The van der Waals surface area contributed by atoms with Crippen LogP contribution >= 0.6 is 0 Å². The molecule has 2 fully saturated rings. The van der Waals surface area contributed by atoms with E-state index in [1.54, 1.807) is 5.57 Å². The summed E-state index contributed by atoms with van der Waals surface area (Å²) < 4.78 is 12.3. The Morgan fingerprint density at radius 2 is 1.56 bits per heavy atom. The second kappa shape index (κ2) is 6.81. The number of nitrogens with zero attached hydrogens (tertiary/aromatic N) is 1. The van der Waals surface area contributed by atoms with Crippen LogP contribution in [0.15, 0.2) is 72.4 Å². The van der Waals surface area contributed by atoms with Crippen LogP contribution in [0.1, 0.15) is 36.8 Å². The van der Waals surface area contributed by atoms with Crippen molar-refractivity contribution in [3.05, 3.63) is 83.6 Å². The van der Waals surface area contributed by atoms with Crippen molar-refractivity contribution >= 4 is 0 Å². The summed E-state index contributed by atoms with van der Waals surface area (Å²) in [7, 11) is 0. The van der Waals surface area contributed by atoms with E-state index in [1.165, 1.54) is 11.1 Å². The number of fused-ring (bicyclic) bond motifs is 1. The minimum absolute atomic E-state index is 0.0387. The SMILES string of the molecule is C1=C2CCC3(C[C@@]2(c2ccccc2)CCN1Cc1ccccc1)OCCO3. The maximum atomic E-state index is 6.14. The van der Waals surface area contributed by atoms with Crippen LogP contribution in [0.3, 0.4) is 0 Å². The highest BCUT2D eigenvalue weighted by Crippen LogP contribution is 2.53. The van der Waals surface area contributed by atoms with E-state index in [0.29, 0.717) is 0 Å². The zero-order valence-electron chi connectivity index (χ0n) is 15.8. The molecule has 0 N–H and O–H groups in total. The summed E-state index contributed by atoms with van der Waals surface area (Å²) in [6.45, 7) is 3.49. The smallest absolute Gasteiger partial charge is 0.169 e. The summed E-state index contributed by atoms with van der Waals surface area (Å²) in [5.41, 5.74) is 4.36. The zero-order valence-corrected chi connectivity index (χ0v) is 15.8. The van der Waals surface area contributed by atoms with Gasteiger partial charge in [-0.05, 0) is 35.7 Å². The van der Waals surface area contributed by atoms with Crippen LogP contribution in [0.5, 0.6) is 0 Å². The van der Waals surface area contributed by atoms with Gasteiger partial charge in [-0.2, -0.15) is 0 Å². The van der Waals surface area contributed by atoms with Gasteiger partial charge in [0.25, 0.3) is 0 Å². The molecule has 3 aliphatic rings. The minimum Gasteiger partial charge on any atom is -0.373 e. The van der Waals surface area contributed by atoms with Gasteiger partial charge in [0, 0.05) is 31.3 Å². The molecule has 0 amide bonds. The van der Waals surface area contributed by atoms with Gasteiger partial charge in [0.15, 0.2) is 5.79 Å². The first-order chi connectivity index (χ1) is 13.3. The van der Waals surface area contributed by atoms with E-state index >= 15 is 0 Å². The van der Waals surface area contributed by atoms with Gasteiger partial charge in [-0.15, -0.1) is 0 Å². The third kappa shape index (κ3) is 3.09. The summed E-state index contributed by atoms with van der Waals surface area (Å²) in [6, 6.07) is 21.8. The summed E-state index contributed by atoms with van der Waals surface area (Å²) >= 11 is 0. The zero-order chi connectivity index (χ0) is 18.2. The topological polar surface area (TPSA) is 21.7 Å².